The van der Waals surface area contributed by atoms with Gasteiger partial charge in [-0.1, -0.05) is 242 Å². The molecule has 0 unspecified atom stereocenters. The maximum absolute atomic E-state index is 6.68. The number of allylic oxidation sites excluding steroid dienone is 2. The second-order valence-electron chi connectivity index (χ2n) is 23.5. The van der Waals surface area contributed by atoms with E-state index in [9.17, 15) is 0 Å². The van der Waals surface area contributed by atoms with Crippen molar-refractivity contribution in [3.63, 3.8) is 0 Å². The van der Waals surface area contributed by atoms with Gasteiger partial charge in [-0.25, -0.2) is 0 Å². The van der Waals surface area contributed by atoms with Crippen LogP contribution in [0, 0.1) is 47.3 Å². The van der Waals surface area contributed by atoms with Crippen molar-refractivity contribution in [2.75, 3.05) is 13.2 Å². The van der Waals surface area contributed by atoms with Gasteiger partial charge in [0.15, 0.2) is 0 Å². The van der Waals surface area contributed by atoms with Gasteiger partial charge in [-0.2, -0.15) is 0 Å². The third-order valence-corrected chi connectivity index (χ3v) is 18.4. The van der Waals surface area contributed by atoms with Crippen molar-refractivity contribution in [2.24, 2.45) is 47.3 Å². The molecule has 0 atom stereocenters. The van der Waals surface area contributed by atoms with Crippen LogP contribution in [0.3, 0.4) is 0 Å². The minimum Gasteiger partial charge on any atom is -0.373 e. The van der Waals surface area contributed by atoms with Crippen LogP contribution in [0.4, 0.5) is 0 Å². The first-order valence-corrected chi connectivity index (χ1v) is 30.2. The molecule has 2 aromatic carbocycles. The van der Waals surface area contributed by atoms with Gasteiger partial charge < -0.3 is 4.74 Å². The fourth-order valence-electron chi connectivity index (χ4n) is 13.9. The van der Waals surface area contributed by atoms with Crippen LogP contribution < -0.4 is 0 Å². The average molecular weight is 916 g/mol. The molecule has 0 aromatic heterocycles. The van der Waals surface area contributed by atoms with E-state index in [0.717, 1.165) is 35.5 Å². The Bertz CT molecular complexity index is 1470. The van der Waals surface area contributed by atoms with Gasteiger partial charge in [0.05, 0.1) is 13.2 Å². The van der Waals surface area contributed by atoms with Crippen molar-refractivity contribution in [1.82, 2.24) is 0 Å². The molecule has 1 heteroatoms. The van der Waals surface area contributed by atoms with E-state index in [1.54, 1.807) is 22.3 Å². The van der Waals surface area contributed by atoms with Crippen molar-refractivity contribution in [1.29, 1.82) is 0 Å². The van der Waals surface area contributed by atoms with Crippen LogP contribution in [0.2, 0.25) is 0 Å². The lowest BCUT2D eigenvalue weighted by molar-refractivity contribution is 0.193. The van der Waals surface area contributed by atoms with E-state index in [1.165, 1.54) is 242 Å². The first-order chi connectivity index (χ1) is 33.0. The molecule has 6 rings (SSSR count). The highest BCUT2D eigenvalue weighted by atomic mass is 16.5. The fraction of sp³-hybridized carbons (Fsp3) is 0.758. The van der Waals surface area contributed by atoms with Gasteiger partial charge in [-0.15, -0.1) is 0 Å². The highest BCUT2D eigenvalue weighted by Gasteiger charge is 2.27. The average Bonchev–Trinajstić information content (AvgIpc) is 3.37. The molecule has 4 aliphatic rings. The van der Waals surface area contributed by atoms with Crippen LogP contribution in [0.1, 0.15) is 268 Å². The molecule has 0 aliphatic heterocycles. The van der Waals surface area contributed by atoms with Crippen molar-refractivity contribution >= 4 is 11.1 Å². The molecule has 4 fully saturated rings. The van der Waals surface area contributed by atoms with Crippen molar-refractivity contribution < 1.29 is 4.74 Å². The molecule has 0 heterocycles. The Morgan fingerprint density at radius 2 is 0.672 bits per heavy atom. The molecular weight excluding hydrogens is 809 g/mol. The number of hydrogen-bond acceptors (Lipinski definition) is 1. The van der Waals surface area contributed by atoms with Crippen molar-refractivity contribution in [2.45, 2.75) is 259 Å². The number of benzene rings is 2. The third kappa shape index (κ3) is 19.5. The Balaban J connectivity index is 1.08. The van der Waals surface area contributed by atoms with Gasteiger partial charge in [0, 0.05) is 0 Å². The monoisotopic (exact) mass is 915 g/mol. The van der Waals surface area contributed by atoms with Gasteiger partial charge in [-0.05, 0) is 158 Å². The highest BCUT2D eigenvalue weighted by molar-refractivity contribution is 5.69. The largest absolute Gasteiger partial charge is 0.373 e. The summed E-state index contributed by atoms with van der Waals surface area (Å²) in [6.07, 6.45) is 55.6. The van der Waals surface area contributed by atoms with Gasteiger partial charge in [0.1, 0.15) is 0 Å². The summed E-state index contributed by atoms with van der Waals surface area (Å²) in [6, 6.07) is 19.9. The Morgan fingerprint density at radius 1 is 0.358 bits per heavy atom. The van der Waals surface area contributed by atoms with Gasteiger partial charge in [0.25, 0.3) is 0 Å². The Morgan fingerprint density at radius 3 is 1.01 bits per heavy atom. The van der Waals surface area contributed by atoms with E-state index in [-0.39, 0.29) is 0 Å². The van der Waals surface area contributed by atoms with Crippen LogP contribution in [-0.4, -0.2) is 13.2 Å². The highest BCUT2D eigenvalue weighted by Crippen LogP contribution is 2.42. The zero-order valence-electron chi connectivity index (χ0n) is 44.7. The van der Waals surface area contributed by atoms with Crippen LogP contribution in [0.15, 0.2) is 60.7 Å². The van der Waals surface area contributed by atoms with E-state index in [2.05, 4.69) is 88.4 Å². The molecule has 4 saturated carbocycles. The summed E-state index contributed by atoms with van der Waals surface area (Å²) in [4.78, 5) is 0. The second-order valence-corrected chi connectivity index (χ2v) is 23.5. The summed E-state index contributed by atoms with van der Waals surface area (Å²) < 4.78 is 6.68. The van der Waals surface area contributed by atoms with Crippen LogP contribution in [0.5, 0.6) is 0 Å². The Kier molecular flexibility index (Phi) is 25.9. The van der Waals surface area contributed by atoms with E-state index in [1.807, 2.05) is 0 Å². The predicted molar refractivity (Wildman–Crippen MR) is 295 cm³/mol. The molecule has 67 heavy (non-hydrogen) atoms. The first-order valence-electron chi connectivity index (χ1n) is 30.2. The summed E-state index contributed by atoms with van der Waals surface area (Å²) in [6.45, 7) is 10.8. The third-order valence-electron chi connectivity index (χ3n) is 18.4. The SMILES string of the molecule is CCCCCCCC1CCC(C(=CCOCC=C(c2ccc(CCC3CCC(CCC)CC3)cc2)C2CCC(CCCCCCC)CC2)c2ccc(CCC3CCC(CCC)CC3)cc2)CC1. The fourth-order valence-corrected chi connectivity index (χ4v) is 13.9. The maximum atomic E-state index is 6.68. The summed E-state index contributed by atoms with van der Waals surface area (Å²) >= 11 is 0. The Hall–Kier alpha value is -2.12. The molecule has 0 spiro atoms. The van der Waals surface area contributed by atoms with E-state index in [0.29, 0.717) is 25.0 Å². The van der Waals surface area contributed by atoms with E-state index < -0.39 is 0 Å². The quantitative estimate of drug-likeness (QED) is 0.0710. The topological polar surface area (TPSA) is 9.23 Å². The molecule has 0 N–H and O–H groups in total. The molecule has 4 aliphatic carbocycles. The van der Waals surface area contributed by atoms with Gasteiger partial charge in [-0.3, -0.25) is 0 Å². The molecule has 0 bridgehead atoms. The minimum absolute atomic E-state index is 0.659. The van der Waals surface area contributed by atoms with Crippen molar-refractivity contribution in [3.05, 3.63) is 82.9 Å². The normalized spacial score (nSPS) is 26.5. The smallest absolute Gasteiger partial charge is 0.0657 e. The standard InChI is InChI=1S/C66H106O/c1-5-9-11-13-15-19-55-33-41-61(42-34-55)65(63-45-37-59(38-46-63)31-29-57-25-21-53(17-7-3)22-26-57)49-51-67-52-50-66(62-43-35-56(36-44-62)20-16-14-12-10-6-2)64-47-39-60(40-48-64)32-30-58-27-23-54(18-8-4)24-28-58/h37-40,45-50,53-58,61-62H,5-36,41-44,51-52H2,1-4H3. The lowest BCUT2D eigenvalue weighted by Gasteiger charge is -2.31. The zero-order chi connectivity index (χ0) is 46.7. The van der Waals surface area contributed by atoms with Crippen LogP contribution in [0.25, 0.3) is 11.1 Å². The number of unbranched alkanes of at least 4 members (excludes halogenated alkanes) is 8. The van der Waals surface area contributed by atoms with E-state index >= 15 is 0 Å². The minimum atomic E-state index is 0.659. The number of rotatable bonds is 30. The molecular formula is C66H106O. The summed E-state index contributed by atoms with van der Waals surface area (Å²) in [5.74, 6) is 7.07. The molecule has 0 radical (unpaired) electrons. The Labute approximate surface area is 416 Å². The summed E-state index contributed by atoms with van der Waals surface area (Å²) in [5.41, 5.74) is 9.14. The lowest BCUT2D eigenvalue weighted by Crippen LogP contribution is -2.17. The molecule has 0 amide bonds. The second kappa shape index (κ2) is 32.0. The lowest BCUT2D eigenvalue weighted by atomic mass is 9.75. The van der Waals surface area contributed by atoms with Gasteiger partial charge in [0.2, 0.25) is 0 Å². The van der Waals surface area contributed by atoms with Crippen LogP contribution >= 0.6 is 0 Å². The van der Waals surface area contributed by atoms with Gasteiger partial charge >= 0.3 is 0 Å². The summed E-state index contributed by atoms with van der Waals surface area (Å²) in [5, 5.41) is 0. The van der Waals surface area contributed by atoms with Crippen molar-refractivity contribution in [3.8, 4) is 0 Å². The number of aryl methyl sites for hydroxylation is 2. The summed E-state index contributed by atoms with van der Waals surface area (Å²) in [7, 11) is 0. The number of ether oxygens (including phenoxy) is 1. The first kappa shape index (κ1) is 54.2. The molecule has 1 nitrogen and oxygen atoms in total. The molecule has 2 aromatic rings. The molecule has 0 saturated heterocycles. The molecule has 376 valence electrons. The predicted octanol–water partition coefficient (Wildman–Crippen LogP) is 20.6. The van der Waals surface area contributed by atoms with E-state index in [4.69, 9.17) is 4.74 Å². The maximum Gasteiger partial charge on any atom is 0.0657 e. The van der Waals surface area contributed by atoms with Crippen LogP contribution in [-0.2, 0) is 17.6 Å². The zero-order valence-corrected chi connectivity index (χ0v) is 44.7. The number of hydrogen-bond donors (Lipinski definition) is 0.